The average molecular weight is 379 g/mol. The van der Waals surface area contributed by atoms with E-state index in [1.807, 2.05) is 32.0 Å². The van der Waals surface area contributed by atoms with Crippen LogP contribution in [-0.4, -0.2) is 19.0 Å². The molecule has 0 radical (unpaired) electrons. The van der Waals surface area contributed by atoms with Crippen LogP contribution in [-0.2, 0) is 11.3 Å². The highest BCUT2D eigenvalue weighted by atomic mass is 35.5. The van der Waals surface area contributed by atoms with Gasteiger partial charge in [-0.3, -0.25) is 4.79 Å². The van der Waals surface area contributed by atoms with E-state index in [0.717, 1.165) is 30.0 Å². The summed E-state index contributed by atoms with van der Waals surface area (Å²) in [4.78, 5) is 12.2. The molecule has 4 nitrogen and oxygen atoms in total. The predicted molar refractivity (Wildman–Crippen MR) is 102 cm³/mol. The van der Waals surface area contributed by atoms with Crippen LogP contribution < -0.4 is 15.4 Å². The minimum absolute atomic E-state index is 0. The van der Waals surface area contributed by atoms with E-state index in [-0.39, 0.29) is 30.0 Å². The van der Waals surface area contributed by atoms with Gasteiger partial charge in [-0.05, 0) is 67.4 Å². The molecule has 1 atom stereocenters. The van der Waals surface area contributed by atoms with Crippen LogP contribution in [0.4, 0.5) is 4.39 Å². The molecule has 1 saturated heterocycles. The topological polar surface area (TPSA) is 50.4 Å². The first-order valence-corrected chi connectivity index (χ1v) is 8.54. The molecule has 1 unspecified atom stereocenters. The van der Waals surface area contributed by atoms with Crippen LogP contribution in [0.15, 0.2) is 42.5 Å². The summed E-state index contributed by atoms with van der Waals surface area (Å²) in [7, 11) is 0. The quantitative estimate of drug-likeness (QED) is 0.803. The molecule has 0 spiro atoms. The monoisotopic (exact) mass is 378 g/mol. The Hall–Kier alpha value is -2.11. The second-order valence-electron chi connectivity index (χ2n) is 6.58. The van der Waals surface area contributed by atoms with Crippen LogP contribution in [0.5, 0.6) is 11.5 Å². The molecule has 1 fully saturated rings. The maximum atomic E-state index is 12.9. The van der Waals surface area contributed by atoms with E-state index in [0.29, 0.717) is 18.2 Å². The van der Waals surface area contributed by atoms with Gasteiger partial charge in [0.1, 0.15) is 17.3 Å². The Morgan fingerprint density at radius 1 is 1.27 bits per heavy atom. The van der Waals surface area contributed by atoms with Gasteiger partial charge in [0.25, 0.3) is 0 Å². The molecule has 6 heteroatoms. The van der Waals surface area contributed by atoms with Crippen molar-refractivity contribution in [1.82, 2.24) is 10.6 Å². The fourth-order valence-electron chi connectivity index (χ4n) is 2.79. The summed E-state index contributed by atoms with van der Waals surface area (Å²) in [5.41, 5.74) is 1.99. The highest BCUT2D eigenvalue weighted by molar-refractivity contribution is 5.85. The van der Waals surface area contributed by atoms with E-state index in [1.54, 1.807) is 12.1 Å². The van der Waals surface area contributed by atoms with Gasteiger partial charge in [-0.2, -0.15) is 0 Å². The molecular weight excluding hydrogens is 355 g/mol. The zero-order valence-corrected chi connectivity index (χ0v) is 15.7. The van der Waals surface area contributed by atoms with Gasteiger partial charge in [-0.15, -0.1) is 12.4 Å². The van der Waals surface area contributed by atoms with Gasteiger partial charge in [-0.1, -0.05) is 19.1 Å². The lowest BCUT2D eigenvalue weighted by molar-refractivity contribution is -0.126. The molecule has 1 aliphatic heterocycles. The van der Waals surface area contributed by atoms with E-state index >= 15 is 0 Å². The summed E-state index contributed by atoms with van der Waals surface area (Å²) >= 11 is 0. The van der Waals surface area contributed by atoms with Crippen molar-refractivity contribution in [3.63, 3.8) is 0 Å². The second kappa shape index (κ2) is 9.01. The van der Waals surface area contributed by atoms with Gasteiger partial charge < -0.3 is 15.4 Å². The second-order valence-corrected chi connectivity index (χ2v) is 6.58. The first-order valence-electron chi connectivity index (χ1n) is 8.54. The van der Waals surface area contributed by atoms with Crippen LogP contribution in [0.25, 0.3) is 0 Å². The number of halogens is 2. The number of aryl methyl sites for hydroxylation is 1. The SMILES string of the molecule is Cc1cc(CNC(=O)C(C)C2CNC2)ccc1Oc1ccc(F)cc1.Cl. The van der Waals surface area contributed by atoms with Crippen LogP contribution in [0, 0.1) is 24.6 Å². The lowest BCUT2D eigenvalue weighted by Crippen LogP contribution is -2.49. The van der Waals surface area contributed by atoms with Crippen molar-refractivity contribution >= 4 is 18.3 Å². The van der Waals surface area contributed by atoms with Crippen molar-refractivity contribution in [3.8, 4) is 11.5 Å². The molecule has 2 aromatic carbocycles. The van der Waals surface area contributed by atoms with Crippen molar-refractivity contribution < 1.29 is 13.9 Å². The first-order chi connectivity index (χ1) is 12.0. The molecule has 0 aromatic heterocycles. The normalized spacial score (nSPS) is 14.7. The van der Waals surface area contributed by atoms with Crippen molar-refractivity contribution in [2.75, 3.05) is 13.1 Å². The summed E-state index contributed by atoms with van der Waals surface area (Å²) < 4.78 is 18.7. The number of hydrogen-bond donors (Lipinski definition) is 2. The fourth-order valence-corrected chi connectivity index (χ4v) is 2.79. The third kappa shape index (κ3) is 4.96. The van der Waals surface area contributed by atoms with Gasteiger partial charge in [0.15, 0.2) is 0 Å². The number of amides is 1. The number of carbonyl (C=O) groups is 1. The standard InChI is InChI=1S/C20H23FN2O2.ClH/c1-13-9-15(10-23-20(24)14(2)16-11-22-12-16)3-8-19(13)25-18-6-4-17(21)5-7-18;/h3-9,14,16,22H,10-12H2,1-2H3,(H,23,24);1H. The summed E-state index contributed by atoms with van der Waals surface area (Å²) in [5, 5.41) is 6.19. The molecule has 0 saturated carbocycles. The maximum Gasteiger partial charge on any atom is 0.223 e. The molecule has 3 rings (SSSR count). The molecule has 140 valence electrons. The molecule has 1 aliphatic rings. The van der Waals surface area contributed by atoms with Crippen LogP contribution in [0.3, 0.4) is 0 Å². The molecule has 26 heavy (non-hydrogen) atoms. The summed E-state index contributed by atoms with van der Waals surface area (Å²) in [6.07, 6.45) is 0. The molecular formula is C20H24ClFN2O2. The van der Waals surface area contributed by atoms with E-state index in [4.69, 9.17) is 4.74 Å². The van der Waals surface area contributed by atoms with Gasteiger partial charge in [0.05, 0.1) is 0 Å². The Morgan fingerprint density at radius 2 is 1.96 bits per heavy atom. The van der Waals surface area contributed by atoms with Crippen LogP contribution in [0.2, 0.25) is 0 Å². The van der Waals surface area contributed by atoms with Gasteiger partial charge >= 0.3 is 0 Å². The smallest absolute Gasteiger partial charge is 0.223 e. The highest BCUT2D eigenvalue weighted by Crippen LogP contribution is 2.26. The Kier molecular flexibility index (Phi) is 7.00. The number of nitrogens with one attached hydrogen (secondary N) is 2. The van der Waals surface area contributed by atoms with Gasteiger partial charge in [0, 0.05) is 12.5 Å². The van der Waals surface area contributed by atoms with E-state index in [2.05, 4.69) is 10.6 Å². The zero-order valence-electron chi connectivity index (χ0n) is 14.9. The highest BCUT2D eigenvalue weighted by Gasteiger charge is 2.28. The molecule has 1 amide bonds. The minimum Gasteiger partial charge on any atom is -0.457 e. The van der Waals surface area contributed by atoms with Crippen molar-refractivity contribution in [2.24, 2.45) is 11.8 Å². The third-order valence-electron chi connectivity index (χ3n) is 4.68. The maximum absolute atomic E-state index is 12.9. The first kappa shape index (κ1) is 20.2. The zero-order chi connectivity index (χ0) is 17.8. The Bertz CT molecular complexity index is 748. The lowest BCUT2D eigenvalue weighted by Gasteiger charge is -2.31. The number of ether oxygens (including phenoxy) is 1. The average Bonchev–Trinajstić information content (AvgIpc) is 2.55. The largest absolute Gasteiger partial charge is 0.457 e. The summed E-state index contributed by atoms with van der Waals surface area (Å²) in [5.74, 6) is 1.58. The van der Waals surface area contributed by atoms with E-state index in [9.17, 15) is 9.18 Å². The van der Waals surface area contributed by atoms with Gasteiger partial charge in [0.2, 0.25) is 5.91 Å². The summed E-state index contributed by atoms with van der Waals surface area (Å²) in [6.45, 7) is 6.27. The van der Waals surface area contributed by atoms with Crippen molar-refractivity contribution in [1.29, 1.82) is 0 Å². The molecule has 2 aromatic rings. The number of rotatable bonds is 6. The summed E-state index contributed by atoms with van der Waals surface area (Å²) in [6, 6.07) is 11.7. The number of benzene rings is 2. The molecule has 0 aliphatic carbocycles. The van der Waals surface area contributed by atoms with E-state index < -0.39 is 0 Å². The van der Waals surface area contributed by atoms with Crippen molar-refractivity contribution in [2.45, 2.75) is 20.4 Å². The van der Waals surface area contributed by atoms with Crippen molar-refractivity contribution in [3.05, 3.63) is 59.4 Å². The molecule has 2 N–H and O–H groups in total. The Labute approximate surface area is 159 Å². The van der Waals surface area contributed by atoms with Crippen LogP contribution in [0.1, 0.15) is 18.1 Å². The van der Waals surface area contributed by atoms with Crippen LogP contribution >= 0.6 is 12.4 Å². The predicted octanol–water partition coefficient (Wildman–Crippen LogP) is 3.82. The third-order valence-corrected chi connectivity index (χ3v) is 4.68. The number of hydrogen-bond acceptors (Lipinski definition) is 3. The van der Waals surface area contributed by atoms with Gasteiger partial charge in [-0.25, -0.2) is 4.39 Å². The fraction of sp³-hybridized carbons (Fsp3) is 0.350. The molecule has 1 heterocycles. The number of carbonyl (C=O) groups excluding carboxylic acids is 1. The Morgan fingerprint density at radius 3 is 2.54 bits per heavy atom. The van der Waals surface area contributed by atoms with E-state index in [1.165, 1.54) is 12.1 Å². The molecule has 0 bridgehead atoms. The Balaban J connectivity index is 0.00000243. The minimum atomic E-state index is -0.290. The lowest BCUT2D eigenvalue weighted by atomic mass is 9.88.